The highest BCUT2D eigenvalue weighted by Crippen LogP contribution is 2.20. The van der Waals surface area contributed by atoms with Gasteiger partial charge in [0, 0.05) is 32.3 Å². The van der Waals surface area contributed by atoms with Gasteiger partial charge in [0.05, 0.1) is 0 Å². The van der Waals surface area contributed by atoms with Crippen LogP contribution in [-0.2, 0) is 0 Å². The molecule has 0 spiro atoms. The molecule has 0 saturated heterocycles. The van der Waals surface area contributed by atoms with E-state index < -0.39 is 6.16 Å². The molecule has 0 atom stereocenters. The van der Waals surface area contributed by atoms with Gasteiger partial charge in [-0.05, 0) is 97.1 Å². The van der Waals surface area contributed by atoms with E-state index >= 15 is 0 Å². The van der Waals surface area contributed by atoms with E-state index in [9.17, 15) is 14.4 Å². The number of halogens is 2. The predicted octanol–water partition coefficient (Wildman–Crippen LogP) is 7.03. The van der Waals surface area contributed by atoms with Crippen LogP contribution >= 0.6 is 23.2 Å². The van der Waals surface area contributed by atoms with Crippen LogP contribution in [0.3, 0.4) is 0 Å². The molecule has 4 aromatic carbocycles. The summed E-state index contributed by atoms with van der Waals surface area (Å²) in [5.41, 5.74) is 1.86. The second kappa shape index (κ2) is 10.3. The summed E-state index contributed by atoms with van der Waals surface area (Å²) >= 11 is 11.7. The standard InChI is InChI=1S/C27H16Cl2O5/c28-21-9-1-17(2-10-21)25(30)19-5-13-23(14-6-19)33-27(32)34-24-15-7-20(8-16-24)26(31)18-3-11-22(29)12-4-18/h1-16H. The van der Waals surface area contributed by atoms with Gasteiger partial charge in [-0.15, -0.1) is 0 Å². The minimum absolute atomic E-state index is 0.181. The molecule has 5 nitrogen and oxygen atoms in total. The van der Waals surface area contributed by atoms with Crippen LogP contribution in [0.15, 0.2) is 97.1 Å². The topological polar surface area (TPSA) is 69.7 Å². The number of ether oxygens (including phenoxy) is 2. The number of carbonyl (C=O) groups excluding carboxylic acids is 3. The maximum Gasteiger partial charge on any atom is 0.519 e. The van der Waals surface area contributed by atoms with Crippen LogP contribution in [-0.4, -0.2) is 17.7 Å². The van der Waals surface area contributed by atoms with Gasteiger partial charge in [-0.2, -0.15) is 0 Å². The number of carbonyl (C=O) groups is 3. The molecule has 0 radical (unpaired) electrons. The van der Waals surface area contributed by atoms with Crippen molar-refractivity contribution in [1.82, 2.24) is 0 Å². The number of hydrogen-bond donors (Lipinski definition) is 0. The molecule has 4 rings (SSSR count). The van der Waals surface area contributed by atoms with E-state index in [0.717, 1.165) is 0 Å². The molecule has 0 aromatic heterocycles. The van der Waals surface area contributed by atoms with E-state index in [1.807, 2.05) is 0 Å². The highest BCUT2D eigenvalue weighted by atomic mass is 35.5. The van der Waals surface area contributed by atoms with Gasteiger partial charge in [0.1, 0.15) is 11.5 Å². The first-order valence-corrected chi connectivity index (χ1v) is 10.8. The van der Waals surface area contributed by atoms with Gasteiger partial charge in [0.15, 0.2) is 11.6 Å². The van der Waals surface area contributed by atoms with Crippen molar-refractivity contribution in [3.8, 4) is 11.5 Å². The summed E-state index contributed by atoms with van der Waals surface area (Å²) in [5.74, 6) is 0.0671. The Morgan fingerprint density at radius 2 is 0.706 bits per heavy atom. The molecule has 0 aliphatic heterocycles. The van der Waals surface area contributed by atoms with Gasteiger partial charge in [-0.1, -0.05) is 23.2 Å². The van der Waals surface area contributed by atoms with Crippen LogP contribution in [0.25, 0.3) is 0 Å². The van der Waals surface area contributed by atoms with Gasteiger partial charge in [-0.25, -0.2) is 4.79 Å². The Kier molecular flexibility index (Phi) is 7.07. The Morgan fingerprint density at radius 3 is 1.00 bits per heavy atom. The number of hydrogen-bond acceptors (Lipinski definition) is 5. The lowest BCUT2D eigenvalue weighted by molar-refractivity contribution is 0.103. The summed E-state index contributed by atoms with van der Waals surface area (Å²) < 4.78 is 10.3. The van der Waals surface area contributed by atoms with Crippen molar-refractivity contribution in [2.45, 2.75) is 0 Å². The molecule has 0 unspecified atom stereocenters. The van der Waals surface area contributed by atoms with Crippen molar-refractivity contribution in [2.24, 2.45) is 0 Å². The lowest BCUT2D eigenvalue weighted by Crippen LogP contribution is -2.14. The molecule has 0 amide bonds. The fraction of sp³-hybridized carbons (Fsp3) is 0. The Balaban J connectivity index is 1.35. The third kappa shape index (κ3) is 5.70. The Labute approximate surface area is 205 Å². The molecular weight excluding hydrogens is 475 g/mol. The quantitative estimate of drug-likeness (QED) is 0.165. The van der Waals surface area contributed by atoms with Crippen LogP contribution in [0.2, 0.25) is 10.0 Å². The van der Waals surface area contributed by atoms with E-state index in [1.54, 1.807) is 72.8 Å². The predicted molar refractivity (Wildman–Crippen MR) is 129 cm³/mol. The fourth-order valence-corrected chi connectivity index (χ4v) is 3.35. The summed E-state index contributed by atoms with van der Waals surface area (Å²) in [6.45, 7) is 0. The molecular formula is C27H16Cl2O5. The van der Waals surface area contributed by atoms with Crippen LogP contribution in [0.5, 0.6) is 11.5 Å². The second-order valence-corrected chi connectivity index (χ2v) is 8.05. The van der Waals surface area contributed by atoms with Crippen LogP contribution in [0, 0.1) is 0 Å². The van der Waals surface area contributed by atoms with Crippen molar-refractivity contribution in [3.63, 3.8) is 0 Å². The molecule has 0 N–H and O–H groups in total. The van der Waals surface area contributed by atoms with Gasteiger partial charge >= 0.3 is 6.16 Å². The molecule has 0 saturated carbocycles. The number of benzene rings is 4. The van der Waals surface area contributed by atoms with Gasteiger partial charge in [0.2, 0.25) is 0 Å². The first-order valence-electron chi connectivity index (χ1n) is 10.1. The Hall–Kier alpha value is -3.93. The zero-order chi connectivity index (χ0) is 24.1. The van der Waals surface area contributed by atoms with E-state index in [2.05, 4.69) is 0 Å². The minimum atomic E-state index is -0.950. The van der Waals surface area contributed by atoms with Gasteiger partial charge in [0.25, 0.3) is 0 Å². The monoisotopic (exact) mass is 490 g/mol. The zero-order valence-corrected chi connectivity index (χ0v) is 19.0. The molecule has 168 valence electrons. The molecule has 0 aliphatic carbocycles. The summed E-state index contributed by atoms with van der Waals surface area (Å²) in [6.07, 6.45) is -0.950. The molecule has 7 heteroatoms. The van der Waals surface area contributed by atoms with Crippen molar-refractivity contribution in [2.75, 3.05) is 0 Å². The average Bonchev–Trinajstić information content (AvgIpc) is 2.85. The van der Waals surface area contributed by atoms with Crippen molar-refractivity contribution >= 4 is 40.9 Å². The zero-order valence-electron chi connectivity index (χ0n) is 17.5. The maximum atomic E-state index is 12.5. The molecule has 0 bridgehead atoms. The third-order valence-corrected chi connectivity index (χ3v) is 5.35. The summed E-state index contributed by atoms with van der Waals surface area (Å²) in [7, 11) is 0. The van der Waals surface area contributed by atoms with E-state index in [1.165, 1.54) is 24.3 Å². The average molecular weight is 491 g/mol. The minimum Gasteiger partial charge on any atom is -0.395 e. The van der Waals surface area contributed by atoms with Crippen molar-refractivity contribution in [1.29, 1.82) is 0 Å². The highest BCUT2D eigenvalue weighted by molar-refractivity contribution is 6.31. The van der Waals surface area contributed by atoms with Crippen LogP contribution in [0.4, 0.5) is 4.79 Å². The molecule has 34 heavy (non-hydrogen) atoms. The van der Waals surface area contributed by atoms with E-state index in [-0.39, 0.29) is 23.1 Å². The summed E-state index contributed by atoms with van der Waals surface area (Å²) in [4.78, 5) is 37.1. The van der Waals surface area contributed by atoms with Crippen LogP contribution in [0.1, 0.15) is 31.8 Å². The second-order valence-electron chi connectivity index (χ2n) is 7.17. The number of rotatable bonds is 6. The van der Waals surface area contributed by atoms with E-state index in [0.29, 0.717) is 32.3 Å². The van der Waals surface area contributed by atoms with Crippen molar-refractivity contribution < 1.29 is 23.9 Å². The summed E-state index contributed by atoms with van der Waals surface area (Å²) in [5, 5.41) is 1.09. The molecule has 0 fully saturated rings. The Morgan fingerprint density at radius 1 is 0.441 bits per heavy atom. The lowest BCUT2D eigenvalue weighted by Gasteiger charge is -2.07. The summed E-state index contributed by atoms with van der Waals surface area (Å²) in [6, 6.07) is 25.3. The first-order chi connectivity index (χ1) is 16.4. The largest absolute Gasteiger partial charge is 0.519 e. The lowest BCUT2D eigenvalue weighted by atomic mass is 10.0. The fourth-order valence-electron chi connectivity index (χ4n) is 3.10. The first kappa shape index (κ1) is 23.2. The maximum absolute atomic E-state index is 12.5. The van der Waals surface area contributed by atoms with Gasteiger partial charge < -0.3 is 9.47 Å². The van der Waals surface area contributed by atoms with Gasteiger partial charge in [-0.3, -0.25) is 9.59 Å². The Bertz CT molecular complexity index is 1220. The molecule has 0 aliphatic rings. The van der Waals surface area contributed by atoms with Crippen molar-refractivity contribution in [3.05, 3.63) is 129 Å². The normalized spacial score (nSPS) is 10.4. The smallest absolute Gasteiger partial charge is 0.395 e. The number of ketones is 2. The van der Waals surface area contributed by atoms with Crippen LogP contribution < -0.4 is 9.47 Å². The highest BCUT2D eigenvalue weighted by Gasteiger charge is 2.13. The SMILES string of the molecule is O=C(Oc1ccc(C(=O)c2ccc(Cl)cc2)cc1)Oc1ccc(C(=O)c2ccc(Cl)cc2)cc1. The van der Waals surface area contributed by atoms with E-state index in [4.69, 9.17) is 32.7 Å². The third-order valence-electron chi connectivity index (χ3n) is 4.85. The molecule has 0 heterocycles. The molecule has 4 aromatic rings.